The first kappa shape index (κ1) is 17.3. The van der Waals surface area contributed by atoms with Gasteiger partial charge < -0.3 is 10.2 Å². The van der Waals surface area contributed by atoms with Crippen LogP contribution in [-0.2, 0) is 13.6 Å². The summed E-state index contributed by atoms with van der Waals surface area (Å²) in [5.41, 5.74) is 1.61. The molecule has 0 aliphatic carbocycles. The number of likely N-dealkylation sites (tertiary alicyclic amines) is 1. The van der Waals surface area contributed by atoms with Gasteiger partial charge in [0.1, 0.15) is 0 Å². The first-order chi connectivity index (χ1) is 8.78. The van der Waals surface area contributed by atoms with Crippen LogP contribution in [0, 0.1) is 5.41 Å². The van der Waals surface area contributed by atoms with Gasteiger partial charge in [-0.25, -0.2) is 0 Å². The summed E-state index contributed by atoms with van der Waals surface area (Å²) in [4.78, 5) is 6.73. The van der Waals surface area contributed by atoms with Crippen molar-refractivity contribution in [2.45, 2.75) is 39.8 Å². The Kier molecular flexibility index (Phi) is 5.10. The minimum Gasteiger partial charge on any atom is -0.352 e. The lowest BCUT2D eigenvalue weighted by atomic mass is 9.65. The Bertz CT molecular complexity index is 490. The number of aromatic nitrogens is 2. The molecule has 1 aromatic heterocycles. The molecule has 0 saturated carbocycles. The predicted molar refractivity (Wildman–Crippen MR) is 93.4 cm³/mol. The molecule has 2 rings (SSSR count). The number of halogens is 1. The molecule has 0 spiro atoms. The normalized spacial score (nSPS) is 20.1. The summed E-state index contributed by atoms with van der Waals surface area (Å²) >= 11 is 0. The average Bonchev–Trinajstić information content (AvgIpc) is 2.74. The fourth-order valence-electron chi connectivity index (χ4n) is 2.44. The van der Waals surface area contributed by atoms with Crippen LogP contribution in [0.4, 0.5) is 0 Å². The second-order valence-electron chi connectivity index (χ2n) is 6.45. The van der Waals surface area contributed by atoms with Gasteiger partial charge in [0.25, 0.3) is 0 Å². The van der Waals surface area contributed by atoms with Crippen molar-refractivity contribution in [1.82, 2.24) is 20.0 Å². The molecule has 1 saturated heterocycles. The summed E-state index contributed by atoms with van der Waals surface area (Å²) in [5, 5.41) is 7.59. The fourth-order valence-corrected chi connectivity index (χ4v) is 2.44. The highest BCUT2D eigenvalue weighted by molar-refractivity contribution is 14.0. The molecule has 0 radical (unpaired) electrons. The lowest BCUT2D eigenvalue weighted by Crippen LogP contribution is -2.72. The van der Waals surface area contributed by atoms with Gasteiger partial charge in [-0.3, -0.25) is 9.67 Å². The maximum absolute atomic E-state index is 4.40. The van der Waals surface area contributed by atoms with E-state index in [2.05, 4.69) is 48.0 Å². The molecule has 1 N–H and O–H groups in total. The summed E-state index contributed by atoms with van der Waals surface area (Å²) in [7, 11) is 3.77. The second kappa shape index (κ2) is 5.91. The van der Waals surface area contributed by atoms with Gasteiger partial charge in [-0.2, -0.15) is 5.10 Å². The van der Waals surface area contributed by atoms with E-state index in [1.807, 2.05) is 31.2 Å². The highest BCUT2D eigenvalue weighted by Crippen LogP contribution is 2.46. The van der Waals surface area contributed by atoms with Crippen LogP contribution in [0.15, 0.2) is 17.4 Å². The zero-order valence-electron chi connectivity index (χ0n) is 13.3. The van der Waals surface area contributed by atoms with Gasteiger partial charge >= 0.3 is 0 Å². The summed E-state index contributed by atoms with van der Waals surface area (Å²) in [6.45, 7) is 10.9. The minimum atomic E-state index is 0. The van der Waals surface area contributed by atoms with Gasteiger partial charge in [0.2, 0.25) is 0 Å². The number of hydrogen-bond acceptors (Lipinski definition) is 2. The van der Waals surface area contributed by atoms with Crippen LogP contribution in [0.5, 0.6) is 0 Å². The van der Waals surface area contributed by atoms with E-state index in [-0.39, 0.29) is 29.5 Å². The van der Waals surface area contributed by atoms with Crippen molar-refractivity contribution in [1.29, 1.82) is 0 Å². The van der Waals surface area contributed by atoms with E-state index in [0.29, 0.717) is 5.41 Å². The summed E-state index contributed by atoms with van der Waals surface area (Å²) in [5.74, 6) is 0.966. The molecule has 5 nitrogen and oxygen atoms in total. The molecule has 2 heterocycles. The molecule has 1 fully saturated rings. The molecule has 0 amide bonds. The third kappa shape index (κ3) is 2.94. The lowest BCUT2D eigenvalue weighted by Gasteiger charge is -2.62. The molecule has 6 heteroatoms. The van der Waals surface area contributed by atoms with Crippen LogP contribution in [-0.4, -0.2) is 39.8 Å². The first-order valence-corrected chi connectivity index (χ1v) is 6.74. The average molecular weight is 391 g/mol. The molecular weight excluding hydrogens is 365 g/mol. The Hall–Kier alpha value is -0.790. The van der Waals surface area contributed by atoms with Crippen molar-refractivity contribution >= 4 is 29.9 Å². The van der Waals surface area contributed by atoms with Crippen LogP contribution in [0.2, 0.25) is 0 Å². The molecule has 20 heavy (non-hydrogen) atoms. The van der Waals surface area contributed by atoms with Crippen LogP contribution in [0.25, 0.3) is 0 Å². The molecule has 0 bridgehead atoms. The molecular formula is C14H26IN5. The smallest absolute Gasteiger partial charge is 0.194 e. The maximum atomic E-state index is 4.40. The van der Waals surface area contributed by atoms with E-state index >= 15 is 0 Å². The van der Waals surface area contributed by atoms with Crippen molar-refractivity contribution < 1.29 is 0 Å². The van der Waals surface area contributed by atoms with Gasteiger partial charge in [-0.1, -0.05) is 13.8 Å². The molecule has 0 aromatic carbocycles. The van der Waals surface area contributed by atoms with E-state index < -0.39 is 0 Å². The van der Waals surface area contributed by atoms with Crippen molar-refractivity contribution in [2.24, 2.45) is 17.5 Å². The van der Waals surface area contributed by atoms with E-state index in [9.17, 15) is 0 Å². The van der Waals surface area contributed by atoms with E-state index in [0.717, 1.165) is 19.0 Å². The van der Waals surface area contributed by atoms with Gasteiger partial charge in [-0.15, -0.1) is 24.0 Å². The Morgan fingerprint density at radius 2 is 2.05 bits per heavy atom. The van der Waals surface area contributed by atoms with Gasteiger partial charge in [0.15, 0.2) is 5.96 Å². The number of aliphatic imine (C=N–C) groups is 1. The van der Waals surface area contributed by atoms with Crippen molar-refractivity contribution in [3.8, 4) is 0 Å². The highest BCUT2D eigenvalue weighted by atomic mass is 127. The largest absolute Gasteiger partial charge is 0.352 e. The zero-order valence-corrected chi connectivity index (χ0v) is 15.6. The Morgan fingerprint density at radius 3 is 2.45 bits per heavy atom. The monoisotopic (exact) mass is 391 g/mol. The van der Waals surface area contributed by atoms with Crippen molar-refractivity contribution in [3.05, 3.63) is 18.0 Å². The molecule has 1 aliphatic heterocycles. The molecule has 1 aliphatic rings. The van der Waals surface area contributed by atoms with Crippen LogP contribution >= 0.6 is 24.0 Å². The summed E-state index contributed by atoms with van der Waals surface area (Å²) in [6.07, 6.45) is 3.90. The molecule has 1 aromatic rings. The highest BCUT2D eigenvalue weighted by Gasteiger charge is 2.53. The van der Waals surface area contributed by atoms with Gasteiger partial charge in [-0.05, 0) is 13.8 Å². The van der Waals surface area contributed by atoms with E-state index in [1.54, 1.807) is 0 Å². The molecule has 0 unspecified atom stereocenters. The van der Waals surface area contributed by atoms with Crippen LogP contribution < -0.4 is 5.32 Å². The number of nitrogens with zero attached hydrogens (tertiary/aromatic N) is 4. The van der Waals surface area contributed by atoms with Crippen LogP contribution in [0.1, 0.15) is 33.3 Å². The molecule has 114 valence electrons. The van der Waals surface area contributed by atoms with Gasteiger partial charge in [0.05, 0.1) is 6.20 Å². The molecule has 0 atom stereocenters. The van der Waals surface area contributed by atoms with Crippen LogP contribution in [0.3, 0.4) is 0 Å². The summed E-state index contributed by atoms with van der Waals surface area (Å²) < 4.78 is 1.82. The zero-order chi connectivity index (χ0) is 14.3. The number of nitrogens with one attached hydrogen (secondary N) is 1. The van der Waals surface area contributed by atoms with Crippen molar-refractivity contribution in [2.75, 3.05) is 13.6 Å². The number of hydrogen-bond donors (Lipinski definition) is 1. The Labute approximate surface area is 138 Å². The Balaban J connectivity index is 0.00000200. The predicted octanol–water partition coefficient (Wildman–Crippen LogP) is 2.23. The van der Waals surface area contributed by atoms with E-state index in [4.69, 9.17) is 0 Å². The van der Waals surface area contributed by atoms with Gasteiger partial charge in [0, 0.05) is 49.9 Å². The number of rotatable bonds is 2. The minimum absolute atomic E-state index is 0. The first-order valence-electron chi connectivity index (χ1n) is 6.74. The van der Waals surface area contributed by atoms with E-state index in [1.165, 1.54) is 5.56 Å². The number of guanidine groups is 1. The maximum Gasteiger partial charge on any atom is 0.194 e. The fraction of sp³-hybridized carbons (Fsp3) is 0.714. The lowest BCUT2D eigenvalue weighted by molar-refractivity contribution is -0.0667. The Morgan fingerprint density at radius 1 is 1.40 bits per heavy atom. The number of aryl methyl sites for hydroxylation is 1. The topological polar surface area (TPSA) is 45.5 Å². The standard InChI is InChI=1S/C14H25N5.HI/c1-13(2)10-19(14(13,3)4)12(15-5)16-7-11-8-17-18(6)9-11;/h8-9H,7,10H2,1-6H3,(H,15,16);1H. The van der Waals surface area contributed by atoms with Crippen molar-refractivity contribution in [3.63, 3.8) is 0 Å². The quantitative estimate of drug-likeness (QED) is 0.478. The third-order valence-electron chi connectivity index (χ3n) is 4.56. The summed E-state index contributed by atoms with van der Waals surface area (Å²) in [6, 6.07) is 0. The second-order valence-corrected chi connectivity index (χ2v) is 6.45. The SMILES string of the molecule is CN=C(NCc1cnn(C)c1)N1CC(C)(C)C1(C)C.I. The third-order valence-corrected chi connectivity index (χ3v) is 4.56.